The van der Waals surface area contributed by atoms with Crippen molar-refractivity contribution in [1.82, 2.24) is 5.32 Å². The quantitative estimate of drug-likeness (QED) is 0.787. The van der Waals surface area contributed by atoms with Gasteiger partial charge in [-0.3, -0.25) is 4.79 Å². The molecule has 2 rings (SSSR count). The molecule has 0 saturated carbocycles. The van der Waals surface area contributed by atoms with Crippen molar-refractivity contribution in [3.63, 3.8) is 0 Å². The van der Waals surface area contributed by atoms with Gasteiger partial charge in [-0.15, -0.1) is 0 Å². The Labute approximate surface area is 143 Å². The molecule has 0 bridgehead atoms. The second kappa shape index (κ2) is 7.92. The zero-order chi connectivity index (χ0) is 16.8. The standard InChI is InChI=1S/C18H18BrNO3/c1-12(19)9-16(18(22)23-2)20-17(21)11-13-7-8-14-5-3-4-6-15(14)10-13/h3-8,10,16H,1,9,11H2,2H3,(H,20,21)/t16-/m0/s1. The number of esters is 1. The summed E-state index contributed by atoms with van der Waals surface area (Å²) in [6.07, 6.45) is 0.489. The third-order valence-corrected chi connectivity index (χ3v) is 3.75. The highest BCUT2D eigenvalue weighted by Gasteiger charge is 2.21. The van der Waals surface area contributed by atoms with E-state index in [0.29, 0.717) is 4.48 Å². The molecule has 4 nitrogen and oxygen atoms in total. The Morgan fingerprint density at radius 1 is 1.22 bits per heavy atom. The lowest BCUT2D eigenvalue weighted by atomic mass is 10.0. The zero-order valence-corrected chi connectivity index (χ0v) is 14.4. The summed E-state index contributed by atoms with van der Waals surface area (Å²) in [4.78, 5) is 23.9. The van der Waals surface area contributed by atoms with Crippen molar-refractivity contribution in [1.29, 1.82) is 0 Å². The van der Waals surface area contributed by atoms with Crippen molar-refractivity contribution >= 4 is 38.6 Å². The molecule has 2 aromatic carbocycles. The van der Waals surface area contributed by atoms with Crippen molar-refractivity contribution in [3.05, 3.63) is 59.1 Å². The molecule has 1 N–H and O–H groups in total. The molecule has 0 unspecified atom stereocenters. The van der Waals surface area contributed by atoms with E-state index in [-0.39, 0.29) is 18.7 Å². The van der Waals surface area contributed by atoms with E-state index in [1.54, 1.807) is 0 Å². The fraction of sp³-hybridized carbons (Fsp3) is 0.222. The molecule has 1 amide bonds. The Morgan fingerprint density at radius 3 is 2.57 bits per heavy atom. The molecule has 0 aliphatic rings. The van der Waals surface area contributed by atoms with Crippen LogP contribution in [0.5, 0.6) is 0 Å². The number of methoxy groups -OCH3 is 1. The van der Waals surface area contributed by atoms with Crippen molar-refractivity contribution in [3.8, 4) is 0 Å². The first-order valence-electron chi connectivity index (χ1n) is 7.17. The Bertz CT molecular complexity index is 742. The second-order valence-corrected chi connectivity index (χ2v) is 6.34. The molecule has 0 aliphatic carbocycles. The van der Waals surface area contributed by atoms with E-state index in [2.05, 4.69) is 27.8 Å². The van der Waals surface area contributed by atoms with E-state index in [1.807, 2.05) is 42.5 Å². The molecule has 0 aliphatic heterocycles. The molecule has 0 heterocycles. The van der Waals surface area contributed by atoms with Gasteiger partial charge in [0.25, 0.3) is 0 Å². The van der Waals surface area contributed by atoms with Crippen LogP contribution in [-0.4, -0.2) is 25.0 Å². The summed E-state index contributed by atoms with van der Waals surface area (Å²) in [5.41, 5.74) is 0.891. The first kappa shape index (κ1) is 17.2. The van der Waals surface area contributed by atoms with Gasteiger partial charge in [0.1, 0.15) is 6.04 Å². The number of amides is 1. The largest absolute Gasteiger partial charge is 0.467 e. The van der Waals surface area contributed by atoms with E-state index in [0.717, 1.165) is 16.3 Å². The summed E-state index contributed by atoms with van der Waals surface area (Å²) in [5.74, 6) is -0.720. The van der Waals surface area contributed by atoms with Crippen LogP contribution in [0.3, 0.4) is 0 Å². The zero-order valence-electron chi connectivity index (χ0n) is 12.8. The molecule has 0 radical (unpaired) electrons. The number of nitrogens with one attached hydrogen (secondary N) is 1. The number of fused-ring (bicyclic) bond motifs is 1. The van der Waals surface area contributed by atoms with Gasteiger partial charge in [-0.05, 0) is 20.8 Å². The first-order valence-corrected chi connectivity index (χ1v) is 7.97. The van der Waals surface area contributed by atoms with Crippen LogP contribution in [0.4, 0.5) is 0 Å². The van der Waals surface area contributed by atoms with Gasteiger partial charge in [0.05, 0.1) is 13.5 Å². The van der Waals surface area contributed by atoms with Gasteiger partial charge >= 0.3 is 5.97 Å². The highest BCUT2D eigenvalue weighted by atomic mass is 79.9. The molecule has 0 spiro atoms. The average Bonchev–Trinajstić information content (AvgIpc) is 2.52. The van der Waals surface area contributed by atoms with Crippen LogP contribution in [0, 0.1) is 0 Å². The lowest BCUT2D eigenvalue weighted by Gasteiger charge is -2.16. The maximum atomic E-state index is 12.2. The number of benzene rings is 2. The molecule has 0 fully saturated rings. The highest BCUT2D eigenvalue weighted by molar-refractivity contribution is 9.11. The van der Waals surface area contributed by atoms with Crippen LogP contribution < -0.4 is 5.32 Å². The number of carbonyl (C=O) groups is 2. The maximum Gasteiger partial charge on any atom is 0.328 e. The summed E-state index contributed by atoms with van der Waals surface area (Å²) in [6, 6.07) is 13.1. The van der Waals surface area contributed by atoms with Crippen molar-refractivity contribution in [2.75, 3.05) is 7.11 Å². The van der Waals surface area contributed by atoms with Gasteiger partial charge < -0.3 is 10.1 Å². The Hall–Kier alpha value is -2.14. The van der Waals surface area contributed by atoms with Crippen molar-refractivity contribution in [2.45, 2.75) is 18.9 Å². The summed E-state index contributed by atoms with van der Waals surface area (Å²) in [6.45, 7) is 3.69. The predicted octanol–water partition coefficient (Wildman–Crippen LogP) is 3.34. The summed E-state index contributed by atoms with van der Waals surface area (Å²) in [5, 5.41) is 4.90. The third-order valence-electron chi connectivity index (χ3n) is 3.43. The maximum absolute atomic E-state index is 12.2. The minimum atomic E-state index is -0.736. The van der Waals surface area contributed by atoms with Crippen LogP contribution in [0.15, 0.2) is 53.5 Å². The van der Waals surface area contributed by atoms with Gasteiger partial charge in [0.15, 0.2) is 0 Å². The van der Waals surface area contributed by atoms with Crippen LogP contribution >= 0.6 is 15.9 Å². The molecule has 2 aromatic rings. The van der Waals surface area contributed by atoms with E-state index >= 15 is 0 Å². The minimum absolute atomic E-state index is 0.201. The van der Waals surface area contributed by atoms with Crippen molar-refractivity contribution in [2.24, 2.45) is 0 Å². The van der Waals surface area contributed by atoms with Crippen LogP contribution in [0.25, 0.3) is 10.8 Å². The number of carbonyl (C=O) groups excluding carboxylic acids is 2. The van der Waals surface area contributed by atoms with Crippen LogP contribution in [-0.2, 0) is 20.7 Å². The van der Waals surface area contributed by atoms with E-state index in [4.69, 9.17) is 4.74 Å². The monoisotopic (exact) mass is 375 g/mol. The lowest BCUT2D eigenvalue weighted by molar-refractivity contribution is -0.144. The predicted molar refractivity (Wildman–Crippen MR) is 94.3 cm³/mol. The SMILES string of the molecule is C=C(Br)C[C@H](NC(=O)Cc1ccc2ccccc2c1)C(=O)OC. The number of hydrogen-bond donors (Lipinski definition) is 1. The average molecular weight is 376 g/mol. The molecule has 23 heavy (non-hydrogen) atoms. The normalized spacial score (nSPS) is 11.7. The smallest absolute Gasteiger partial charge is 0.328 e. The van der Waals surface area contributed by atoms with Crippen molar-refractivity contribution < 1.29 is 14.3 Å². The number of hydrogen-bond acceptors (Lipinski definition) is 3. The van der Waals surface area contributed by atoms with E-state index in [1.165, 1.54) is 7.11 Å². The molecular weight excluding hydrogens is 358 g/mol. The number of ether oxygens (including phenoxy) is 1. The minimum Gasteiger partial charge on any atom is -0.467 e. The molecule has 120 valence electrons. The fourth-order valence-electron chi connectivity index (χ4n) is 2.34. The summed E-state index contributed by atoms with van der Waals surface area (Å²) < 4.78 is 5.33. The number of halogens is 1. The van der Waals surface area contributed by atoms with Crippen LogP contribution in [0.1, 0.15) is 12.0 Å². The molecule has 0 saturated heterocycles. The lowest BCUT2D eigenvalue weighted by Crippen LogP contribution is -2.42. The van der Waals surface area contributed by atoms with E-state index in [9.17, 15) is 9.59 Å². The van der Waals surface area contributed by atoms with Gasteiger partial charge in [-0.25, -0.2) is 4.79 Å². The first-order chi connectivity index (χ1) is 11.0. The van der Waals surface area contributed by atoms with Gasteiger partial charge in [-0.2, -0.15) is 0 Å². The molecule has 5 heteroatoms. The van der Waals surface area contributed by atoms with Crippen LogP contribution in [0.2, 0.25) is 0 Å². The second-order valence-electron chi connectivity index (χ2n) is 5.22. The van der Waals surface area contributed by atoms with Gasteiger partial charge in [-0.1, -0.05) is 65.0 Å². The topological polar surface area (TPSA) is 55.4 Å². The van der Waals surface area contributed by atoms with Gasteiger partial charge in [0.2, 0.25) is 5.91 Å². The Kier molecular flexibility index (Phi) is 5.93. The number of rotatable bonds is 6. The summed E-state index contributed by atoms with van der Waals surface area (Å²) >= 11 is 3.20. The highest BCUT2D eigenvalue weighted by Crippen LogP contribution is 2.16. The third kappa shape index (κ3) is 4.93. The summed E-state index contributed by atoms with van der Waals surface area (Å²) in [7, 11) is 1.29. The van der Waals surface area contributed by atoms with Gasteiger partial charge in [0, 0.05) is 6.42 Å². The Balaban J connectivity index is 2.06. The molecular formula is C18H18BrNO3. The fourth-order valence-corrected chi connectivity index (χ4v) is 2.66. The molecule has 0 aromatic heterocycles. The Morgan fingerprint density at radius 2 is 1.91 bits per heavy atom. The van der Waals surface area contributed by atoms with E-state index < -0.39 is 12.0 Å². The molecule has 1 atom stereocenters.